The second-order valence-corrected chi connectivity index (χ2v) is 7.22. The fraction of sp³-hybridized carbons (Fsp3) is 0.200. The average Bonchev–Trinajstić information content (AvgIpc) is 2.68. The number of carbonyl (C=O) groups is 1. The summed E-state index contributed by atoms with van der Waals surface area (Å²) in [6.07, 6.45) is 3.14. The van der Waals surface area contributed by atoms with Gasteiger partial charge >= 0.3 is 6.03 Å². The molecular formula is C20H20Cl2N6O2. The molecule has 0 aliphatic heterocycles. The maximum atomic E-state index is 13.2. The average molecular weight is 447 g/mol. The number of nitrogens with one attached hydrogen (secondary N) is 2. The Morgan fingerprint density at radius 1 is 1.13 bits per heavy atom. The second kappa shape index (κ2) is 10.2. The molecule has 2 N–H and O–H groups in total. The first-order chi connectivity index (χ1) is 14.5. The molecule has 0 saturated carbocycles. The first-order valence-corrected chi connectivity index (χ1v) is 9.78. The van der Waals surface area contributed by atoms with Crippen LogP contribution in [0.2, 0.25) is 10.0 Å². The number of carbonyl (C=O) groups excluding carboxylic acids is 1. The molecule has 156 valence electrons. The summed E-state index contributed by atoms with van der Waals surface area (Å²) in [5, 5.41) is 6.65. The van der Waals surface area contributed by atoms with E-state index in [2.05, 4.69) is 25.6 Å². The normalized spacial score (nSPS) is 11.6. The van der Waals surface area contributed by atoms with Gasteiger partial charge in [-0.2, -0.15) is 4.98 Å². The van der Waals surface area contributed by atoms with Gasteiger partial charge in [-0.15, -0.1) is 0 Å². The van der Waals surface area contributed by atoms with Gasteiger partial charge in [0.2, 0.25) is 5.95 Å². The lowest BCUT2D eigenvalue weighted by molar-refractivity contribution is 0.190. The molecule has 2 heterocycles. The predicted molar refractivity (Wildman–Crippen MR) is 119 cm³/mol. The molecule has 0 unspecified atom stereocenters. The van der Waals surface area contributed by atoms with Crippen LogP contribution in [0.25, 0.3) is 0 Å². The number of pyridine rings is 1. The minimum absolute atomic E-state index is 0.0262. The van der Waals surface area contributed by atoms with Crippen molar-refractivity contribution in [2.45, 2.75) is 13.0 Å². The molecule has 2 amide bonds. The number of benzene rings is 1. The monoisotopic (exact) mass is 446 g/mol. The minimum atomic E-state index is -0.485. The van der Waals surface area contributed by atoms with Crippen LogP contribution in [0.1, 0.15) is 6.92 Å². The zero-order chi connectivity index (χ0) is 21.5. The van der Waals surface area contributed by atoms with Gasteiger partial charge in [0.05, 0.1) is 12.3 Å². The van der Waals surface area contributed by atoms with Crippen LogP contribution >= 0.6 is 23.2 Å². The van der Waals surface area contributed by atoms with Crippen LogP contribution in [0.3, 0.4) is 0 Å². The summed E-state index contributed by atoms with van der Waals surface area (Å²) < 4.78 is 5.12. The lowest BCUT2D eigenvalue weighted by atomic mass is 10.3. The van der Waals surface area contributed by atoms with Crippen molar-refractivity contribution < 1.29 is 9.53 Å². The molecule has 0 radical (unpaired) electrons. The van der Waals surface area contributed by atoms with Gasteiger partial charge in [-0.3, -0.25) is 5.32 Å². The summed E-state index contributed by atoms with van der Waals surface area (Å²) in [4.78, 5) is 27.3. The summed E-state index contributed by atoms with van der Waals surface area (Å²) in [6, 6.07) is 11.1. The van der Waals surface area contributed by atoms with Crippen LogP contribution < -0.4 is 15.5 Å². The van der Waals surface area contributed by atoms with Crippen molar-refractivity contribution in [1.82, 2.24) is 15.0 Å². The topological polar surface area (TPSA) is 92.3 Å². The molecule has 1 aromatic carbocycles. The van der Waals surface area contributed by atoms with E-state index < -0.39 is 6.03 Å². The van der Waals surface area contributed by atoms with Gasteiger partial charge in [-0.1, -0.05) is 29.3 Å². The zero-order valence-corrected chi connectivity index (χ0v) is 17.9. The van der Waals surface area contributed by atoms with E-state index in [0.717, 1.165) is 0 Å². The van der Waals surface area contributed by atoms with Crippen molar-refractivity contribution in [3.8, 4) is 0 Å². The van der Waals surface area contributed by atoms with Gasteiger partial charge in [0.25, 0.3) is 0 Å². The molecule has 8 nitrogen and oxygen atoms in total. The van der Waals surface area contributed by atoms with Crippen molar-refractivity contribution in [3.63, 3.8) is 0 Å². The number of hydrogen-bond acceptors (Lipinski definition) is 6. The van der Waals surface area contributed by atoms with Crippen LogP contribution in [0.4, 0.5) is 28.1 Å². The van der Waals surface area contributed by atoms with E-state index in [4.69, 9.17) is 27.9 Å². The highest BCUT2D eigenvalue weighted by Crippen LogP contribution is 2.31. The first kappa shape index (κ1) is 21.8. The van der Waals surface area contributed by atoms with Gasteiger partial charge < -0.3 is 10.1 Å². The third-order valence-corrected chi connectivity index (χ3v) is 4.31. The Kier molecular flexibility index (Phi) is 7.40. The molecule has 10 heteroatoms. The molecule has 0 spiro atoms. The third-order valence-electron chi connectivity index (χ3n) is 3.87. The van der Waals surface area contributed by atoms with Gasteiger partial charge in [0.1, 0.15) is 11.6 Å². The summed E-state index contributed by atoms with van der Waals surface area (Å²) in [5.41, 5.74) is 0.440. The largest absolute Gasteiger partial charge is 0.383 e. The van der Waals surface area contributed by atoms with Crippen LogP contribution in [-0.4, -0.2) is 40.7 Å². The number of amides is 2. The molecule has 0 aliphatic carbocycles. The molecule has 0 bridgehead atoms. The Morgan fingerprint density at radius 2 is 1.90 bits per heavy atom. The Hall–Kier alpha value is -2.94. The summed E-state index contributed by atoms with van der Waals surface area (Å²) in [6.45, 7) is 2.41. The van der Waals surface area contributed by atoms with Crippen LogP contribution in [0.5, 0.6) is 0 Å². The maximum Gasteiger partial charge on any atom is 0.333 e. The molecule has 3 aromatic rings. The highest BCUT2D eigenvalue weighted by Gasteiger charge is 2.22. The van der Waals surface area contributed by atoms with E-state index in [1.165, 1.54) is 4.90 Å². The minimum Gasteiger partial charge on any atom is -0.383 e. The number of rotatable bonds is 7. The molecule has 3 rings (SSSR count). The molecule has 0 fully saturated rings. The maximum absolute atomic E-state index is 13.2. The predicted octanol–water partition coefficient (Wildman–Crippen LogP) is 5.00. The standard InChI is InChI=1S/C20H20Cl2N6O2/c1-13(12-30-2)25-19-24-8-6-18(27-19)28(16-10-14(21)9-15(22)11-16)20(29)26-17-5-3-4-7-23-17/h3-11,13H,12H2,1-2H3,(H,23,26,29)(H,24,25,27)/t13-/m0/s1. The number of nitrogens with zero attached hydrogens (tertiary/aromatic N) is 4. The van der Waals surface area contributed by atoms with Crippen molar-refractivity contribution in [3.05, 3.63) is 64.9 Å². The van der Waals surface area contributed by atoms with Gasteiger partial charge in [0, 0.05) is 41.7 Å². The highest BCUT2D eigenvalue weighted by atomic mass is 35.5. The van der Waals surface area contributed by atoms with Crippen LogP contribution in [0.15, 0.2) is 54.9 Å². The van der Waals surface area contributed by atoms with E-state index in [-0.39, 0.29) is 6.04 Å². The van der Waals surface area contributed by atoms with Gasteiger partial charge in [0.15, 0.2) is 0 Å². The zero-order valence-electron chi connectivity index (χ0n) is 16.3. The Balaban J connectivity index is 1.98. The number of methoxy groups -OCH3 is 1. The number of anilines is 4. The number of ether oxygens (including phenoxy) is 1. The molecule has 1 atom stereocenters. The second-order valence-electron chi connectivity index (χ2n) is 6.35. The smallest absolute Gasteiger partial charge is 0.333 e. The molecule has 30 heavy (non-hydrogen) atoms. The number of aromatic nitrogens is 3. The van der Waals surface area contributed by atoms with Crippen molar-refractivity contribution in [1.29, 1.82) is 0 Å². The van der Waals surface area contributed by atoms with Crippen molar-refractivity contribution in [2.24, 2.45) is 0 Å². The van der Waals surface area contributed by atoms with Gasteiger partial charge in [-0.05, 0) is 37.3 Å². The molecule has 2 aromatic heterocycles. The molecular weight excluding hydrogens is 427 g/mol. The first-order valence-electron chi connectivity index (χ1n) is 9.03. The Bertz CT molecular complexity index is 985. The van der Waals surface area contributed by atoms with Crippen molar-refractivity contribution in [2.75, 3.05) is 29.3 Å². The van der Waals surface area contributed by atoms with E-state index >= 15 is 0 Å². The molecule has 0 aliphatic rings. The number of urea groups is 1. The fourth-order valence-electron chi connectivity index (χ4n) is 2.68. The SMILES string of the molecule is COC[C@H](C)Nc1nccc(N(C(=O)Nc2ccccn2)c2cc(Cl)cc(Cl)c2)n1. The fourth-order valence-corrected chi connectivity index (χ4v) is 3.19. The molecule has 0 saturated heterocycles. The Morgan fingerprint density at radius 3 is 2.57 bits per heavy atom. The number of halogens is 2. The van der Waals surface area contributed by atoms with Crippen LogP contribution in [-0.2, 0) is 4.74 Å². The highest BCUT2D eigenvalue weighted by molar-refractivity contribution is 6.35. The van der Waals surface area contributed by atoms with E-state index in [9.17, 15) is 4.79 Å². The lowest BCUT2D eigenvalue weighted by Crippen LogP contribution is -2.32. The van der Waals surface area contributed by atoms with E-state index in [1.54, 1.807) is 62.0 Å². The van der Waals surface area contributed by atoms with E-state index in [0.29, 0.717) is 39.9 Å². The van der Waals surface area contributed by atoms with E-state index in [1.807, 2.05) is 6.92 Å². The third kappa shape index (κ3) is 5.79. The van der Waals surface area contributed by atoms with Crippen LogP contribution in [0, 0.1) is 0 Å². The van der Waals surface area contributed by atoms with Crippen molar-refractivity contribution >= 4 is 52.5 Å². The number of hydrogen-bond donors (Lipinski definition) is 2. The summed E-state index contributed by atoms with van der Waals surface area (Å²) in [5.74, 6) is 1.06. The summed E-state index contributed by atoms with van der Waals surface area (Å²) >= 11 is 12.3. The van der Waals surface area contributed by atoms with Gasteiger partial charge in [-0.25, -0.2) is 19.7 Å². The quantitative estimate of drug-likeness (QED) is 0.530. The lowest BCUT2D eigenvalue weighted by Gasteiger charge is -2.23. The summed E-state index contributed by atoms with van der Waals surface area (Å²) in [7, 11) is 1.61. The Labute approximate surface area is 184 Å².